The molecule has 1 aromatic rings. The van der Waals surface area contributed by atoms with Gasteiger partial charge < -0.3 is 5.32 Å². The molecule has 0 bridgehead atoms. The molecule has 0 heterocycles. The molecule has 1 aromatic carbocycles. The second-order valence-corrected chi connectivity index (χ2v) is 3.98. The SMILES string of the molecule is CCCCC(NC)c1ccc(F)cc1C. The number of hydrogen-bond acceptors (Lipinski definition) is 1. The summed E-state index contributed by atoms with van der Waals surface area (Å²) < 4.78 is 12.9. The molecule has 0 aromatic heterocycles. The third kappa shape index (κ3) is 3.31. The quantitative estimate of drug-likeness (QED) is 0.781. The smallest absolute Gasteiger partial charge is 0.123 e. The van der Waals surface area contributed by atoms with E-state index in [1.165, 1.54) is 18.4 Å². The van der Waals surface area contributed by atoms with Crippen LogP contribution in [-0.4, -0.2) is 7.05 Å². The Morgan fingerprint density at radius 2 is 2.13 bits per heavy atom. The van der Waals surface area contributed by atoms with Gasteiger partial charge in [0.25, 0.3) is 0 Å². The molecule has 1 N–H and O–H groups in total. The largest absolute Gasteiger partial charge is 0.313 e. The van der Waals surface area contributed by atoms with E-state index in [2.05, 4.69) is 12.2 Å². The minimum absolute atomic E-state index is 0.151. The predicted molar refractivity (Wildman–Crippen MR) is 62.5 cm³/mol. The number of benzene rings is 1. The zero-order chi connectivity index (χ0) is 11.3. The Hall–Kier alpha value is -0.890. The van der Waals surface area contributed by atoms with Crippen molar-refractivity contribution in [2.24, 2.45) is 0 Å². The van der Waals surface area contributed by atoms with E-state index < -0.39 is 0 Å². The van der Waals surface area contributed by atoms with E-state index in [0.29, 0.717) is 6.04 Å². The summed E-state index contributed by atoms with van der Waals surface area (Å²) in [5.74, 6) is -0.151. The van der Waals surface area contributed by atoms with Crippen LogP contribution < -0.4 is 5.32 Å². The standard InChI is InChI=1S/C13H20FN/c1-4-5-6-13(15-3)12-8-7-11(14)9-10(12)2/h7-9,13,15H,4-6H2,1-3H3. The lowest BCUT2D eigenvalue weighted by atomic mass is 9.97. The van der Waals surface area contributed by atoms with Gasteiger partial charge in [0.2, 0.25) is 0 Å². The topological polar surface area (TPSA) is 12.0 Å². The molecule has 0 aliphatic heterocycles. The van der Waals surface area contributed by atoms with Gasteiger partial charge >= 0.3 is 0 Å². The number of aryl methyl sites for hydroxylation is 1. The van der Waals surface area contributed by atoms with E-state index in [1.807, 2.05) is 20.0 Å². The Bertz CT molecular complexity index is 309. The Morgan fingerprint density at radius 1 is 1.40 bits per heavy atom. The van der Waals surface area contributed by atoms with Crippen molar-refractivity contribution in [2.75, 3.05) is 7.05 Å². The maximum Gasteiger partial charge on any atom is 0.123 e. The lowest BCUT2D eigenvalue weighted by Crippen LogP contribution is -2.17. The first-order valence-corrected chi connectivity index (χ1v) is 5.62. The van der Waals surface area contributed by atoms with Gasteiger partial charge in [-0.15, -0.1) is 0 Å². The summed E-state index contributed by atoms with van der Waals surface area (Å²) >= 11 is 0. The highest BCUT2D eigenvalue weighted by Crippen LogP contribution is 2.22. The molecule has 15 heavy (non-hydrogen) atoms. The van der Waals surface area contributed by atoms with Crippen LogP contribution in [0.3, 0.4) is 0 Å². The Kier molecular flexibility index (Phi) is 4.76. The molecule has 1 atom stereocenters. The maximum absolute atomic E-state index is 12.9. The molecule has 0 saturated carbocycles. The van der Waals surface area contributed by atoms with Crippen LogP contribution in [0, 0.1) is 12.7 Å². The first kappa shape index (κ1) is 12.2. The Balaban J connectivity index is 2.81. The summed E-state index contributed by atoms with van der Waals surface area (Å²) in [5, 5.41) is 3.29. The van der Waals surface area contributed by atoms with Crippen LogP contribution in [-0.2, 0) is 0 Å². The van der Waals surface area contributed by atoms with Crippen LogP contribution in [0.25, 0.3) is 0 Å². The lowest BCUT2D eigenvalue weighted by Gasteiger charge is -2.18. The van der Waals surface area contributed by atoms with Crippen molar-refractivity contribution >= 4 is 0 Å². The highest BCUT2D eigenvalue weighted by Gasteiger charge is 2.11. The molecule has 0 radical (unpaired) electrons. The van der Waals surface area contributed by atoms with E-state index in [-0.39, 0.29) is 5.82 Å². The molecular weight excluding hydrogens is 189 g/mol. The Morgan fingerprint density at radius 3 is 2.67 bits per heavy atom. The predicted octanol–water partition coefficient (Wildman–Crippen LogP) is 3.58. The van der Waals surface area contributed by atoms with Gasteiger partial charge in [-0.25, -0.2) is 4.39 Å². The normalized spacial score (nSPS) is 12.8. The van der Waals surface area contributed by atoms with Crippen molar-refractivity contribution in [1.82, 2.24) is 5.32 Å². The summed E-state index contributed by atoms with van der Waals surface area (Å²) in [6.45, 7) is 4.15. The molecule has 0 fully saturated rings. The Labute approximate surface area is 91.7 Å². The number of unbranched alkanes of at least 4 members (excludes halogenated alkanes) is 1. The number of nitrogens with one attached hydrogen (secondary N) is 1. The van der Waals surface area contributed by atoms with E-state index in [1.54, 1.807) is 12.1 Å². The fourth-order valence-corrected chi connectivity index (χ4v) is 1.89. The highest BCUT2D eigenvalue weighted by atomic mass is 19.1. The van der Waals surface area contributed by atoms with Crippen molar-refractivity contribution in [1.29, 1.82) is 0 Å². The van der Waals surface area contributed by atoms with Crippen molar-refractivity contribution in [3.05, 3.63) is 35.1 Å². The molecule has 0 amide bonds. The molecule has 1 unspecified atom stereocenters. The zero-order valence-corrected chi connectivity index (χ0v) is 9.81. The summed E-state index contributed by atoms with van der Waals surface area (Å²) in [5.41, 5.74) is 2.25. The lowest BCUT2D eigenvalue weighted by molar-refractivity contribution is 0.519. The number of halogens is 1. The summed E-state index contributed by atoms with van der Waals surface area (Å²) in [6, 6.07) is 5.39. The van der Waals surface area contributed by atoms with Crippen LogP contribution in [0.4, 0.5) is 4.39 Å². The molecule has 0 saturated heterocycles. The van der Waals surface area contributed by atoms with E-state index in [0.717, 1.165) is 12.0 Å². The van der Waals surface area contributed by atoms with Crippen LogP contribution in [0.1, 0.15) is 43.4 Å². The van der Waals surface area contributed by atoms with Crippen molar-refractivity contribution in [2.45, 2.75) is 39.2 Å². The van der Waals surface area contributed by atoms with Gasteiger partial charge in [0, 0.05) is 6.04 Å². The van der Waals surface area contributed by atoms with Gasteiger partial charge in [-0.3, -0.25) is 0 Å². The third-order valence-corrected chi connectivity index (χ3v) is 2.80. The molecule has 0 aliphatic rings. The molecule has 0 spiro atoms. The minimum atomic E-state index is -0.151. The second kappa shape index (κ2) is 5.86. The van der Waals surface area contributed by atoms with Crippen molar-refractivity contribution in [3.8, 4) is 0 Å². The maximum atomic E-state index is 12.9. The van der Waals surface area contributed by atoms with Crippen molar-refractivity contribution in [3.63, 3.8) is 0 Å². The molecule has 0 aliphatic carbocycles. The molecule has 2 heteroatoms. The average molecular weight is 209 g/mol. The van der Waals surface area contributed by atoms with Gasteiger partial charge in [0.1, 0.15) is 5.82 Å². The van der Waals surface area contributed by atoms with Gasteiger partial charge in [-0.2, -0.15) is 0 Å². The monoisotopic (exact) mass is 209 g/mol. The third-order valence-electron chi connectivity index (χ3n) is 2.80. The van der Waals surface area contributed by atoms with Gasteiger partial charge in [0.15, 0.2) is 0 Å². The number of hydrogen-bond donors (Lipinski definition) is 1. The second-order valence-electron chi connectivity index (χ2n) is 3.98. The highest BCUT2D eigenvalue weighted by molar-refractivity contribution is 5.29. The van der Waals surface area contributed by atoms with E-state index in [4.69, 9.17) is 0 Å². The molecule has 1 rings (SSSR count). The van der Waals surface area contributed by atoms with Gasteiger partial charge in [0.05, 0.1) is 0 Å². The average Bonchev–Trinajstić information content (AvgIpc) is 2.21. The first-order valence-electron chi connectivity index (χ1n) is 5.62. The summed E-state index contributed by atoms with van der Waals surface area (Å²) in [7, 11) is 1.96. The molecule has 84 valence electrons. The first-order chi connectivity index (χ1) is 7.19. The van der Waals surface area contributed by atoms with Crippen LogP contribution >= 0.6 is 0 Å². The summed E-state index contributed by atoms with van der Waals surface area (Å²) in [4.78, 5) is 0. The van der Waals surface area contributed by atoms with E-state index in [9.17, 15) is 4.39 Å². The van der Waals surface area contributed by atoms with Crippen LogP contribution in [0.5, 0.6) is 0 Å². The minimum Gasteiger partial charge on any atom is -0.313 e. The summed E-state index contributed by atoms with van der Waals surface area (Å²) in [6.07, 6.45) is 3.50. The van der Waals surface area contributed by atoms with E-state index >= 15 is 0 Å². The van der Waals surface area contributed by atoms with Gasteiger partial charge in [-0.1, -0.05) is 25.8 Å². The fraction of sp³-hybridized carbons (Fsp3) is 0.538. The fourth-order valence-electron chi connectivity index (χ4n) is 1.89. The zero-order valence-electron chi connectivity index (χ0n) is 9.81. The van der Waals surface area contributed by atoms with Crippen LogP contribution in [0.2, 0.25) is 0 Å². The van der Waals surface area contributed by atoms with Crippen LogP contribution in [0.15, 0.2) is 18.2 Å². The number of rotatable bonds is 5. The van der Waals surface area contributed by atoms with Crippen molar-refractivity contribution < 1.29 is 4.39 Å². The molecular formula is C13H20FN. The van der Waals surface area contributed by atoms with Gasteiger partial charge in [-0.05, 0) is 43.7 Å². The molecule has 1 nitrogen and oxygen atoms in total.